The molecule has 0 aromatic heterocycles. The van der Waals surface area contributed by atoms with Gasteiger partial charge in [-0.1, -0.05) is 0 Å². The Hall–Kier alpha value is -0.770. The Morgan fingerprint density at radius 2 is 2.38 bits per heavy atom. The van der Waals surface area contributed by atoms with Crippen molar-refractivity contribution in [3.8, 4) is 0 Å². The number of hydrogen-bond donors (Lipinski definition) is 1. The number of rotatable bonds is 2. The van der Waals surface area contributed by atoms with Gasteiger partial charge in [-0.15, -0.1) is 0 Å². The Morgan fingerprint density at radius 1 is 1.62 bits per heavy atom. The Bertz CT molecular complexity index is 173. The molecule has 1 saturated heterocycles. The second kappa shape index (κ2) is 5.07. The van der Waals surface area contributed by atoms with E-state index >= 15 is 0 Å². The van der Waals surface area contributed by atoms with Crippen molar-refractivity contribution < 1.29 is 9.63 Å². The molecule has 1 fully saturated rings. The molecule has 1 atom stereocenters. The third-order valence-electron chi connectivity index (χ3n) is 2.37. The van der Waals surface area contributed by atoms with Crippen LogP contribution in [-0.4, -0.2) is 30.1 Å². The summed E-state index contributed by atoms with van der Waals surface area (Å²) >= 11 is 0. The van der Waals surface area contributed by atoms with Crippen LogP contribution < -0.4 is 5.48 Å². The molecule has 1 aliphatic rings. The highest BCUT2D eigenvalue weighted by Gasteiger charge is 2.22. The number of carbonyl (C=O) groups is 1. The highest BCUT2D eigenvalue weighted by atomic mass is 16.7. The maximum absolute atomic E-state index is 11.5. The fourth-order valence-electron chi connectivity index (χ4n) is 1.59. The van der Waals surface area contributed by atoms with E-state index in [1.54, 1.807) is 0 Å². The van der Waals surface area contributed by atoms with Crippen molar-refractivity contribution >= 4 is 6.03 Å². The molecule has 1 aliphatic heterocycles. The first kappa shape index (κ1) is 10.3. The number of amides is 2. The molecular weight excluding hydrogens is 168 g/mol. The third kappa shape index (κ3) is 2.88. The highest BCUT2D eigenvalue weighted by molar-refractivity contribution is 5.73. The number of piperidine rings is 1. The minimum Gasteiger partial charge on any atom is -0.320 e. The van der Waals surface area contributed by atoms with Gasteiger partial charge in [-0.05, 0) is 33.1 Å². The number of hydrogen-bond acceptors (Lipinski definition) is 2. The van der Waals surface area contributed by atoms with E-state index in [9.17, 15) is 4.79 Å². The predicted octanol–water partition coefficient (Wildman–Crippen LogP) is 1.52. The average Bonchev–Trinajstić information content (AvgIpc) is 2.15. The van der Waals surface area contributed by atoms with Crippen molar-refractivity contribution in [2.45, 2.75) is 39.2 Å². The molecule has 76 valence electrons. The number of nitrogens with one attached hydrogen (secondary N) is 1. The highest BCUT2D eigenvalue weighted by Crippen LogP contribution is 2.15. The molecule has 0 aromatic rings. The van der Waals surface area contributed by atoms with Crippen molar-refractivity contribution in [1.29, 1.82) is 0 Å². The second-order valence-electron chi connectivity index (χ2n) is 3.38. The van der Waals surface area contributed by atoms with Crippen LogP contribution in [0.3, 0.4) is 0 Å². The Morgan fingerprint density at radius 3 is 3.00 bits per heavy atom. The van der Waals surface area contributed by atoms with Crippen LogP contribution in [-0.2, 0) is 4.84 Å². The summed E-state index contributed by atoms with van der Waals surface area (Å²) in [6, 6.07) is 0.239. The van der Waals surface area contributed by atoms with Crippen molar-refractivity contribution in [2.24, 2.45) is 0 Å². The van der Waals surface area contributed by atoms with Crippen LogP contribution in [0.15, 0.2) is 0 Å². The zero-order chi connectivity index (χ0) is 9.68. The number of nitrogens with zero attached hydrogens (tertiary/aromatic N) is 1. The fourth-order valence-corrected chi connectivity index (χ4v) is 1.59. The van der Waals surface area contributed by atoms with Crippen molar-refractivity contribution in [1.82, 2.24) is 10.4 Å². The summed E-state index contributed by atoms with van der Waals surface area (Å²) in [6.07, 6.45) is 3.42. The van der Waals surface area contributed by atoms with Gasteiger partial charge in [0.25, 0.3) is 0 Å². The van der Waals surface area contributed by atoms with Gasteiger partial charge in [-0.2, -0.15) is 0 Å². The van der Waals surface area contributed by atoms with Crippen molar-refractivity contribution in [3.63, 3.8) is 0 Å². The molecule has 1 heterocycles. The zero-order valence-corrected chi connectivity index (χ0v) is 8.38. The Labute approximate surface area is 79.2 Å². The van der Waals surface area contributed by atoms with Crippen LogP contribution in [0, 0.1) is 0 Å². The van der Waals surface area contributed by atoms with Gasteiger partial charge >= 0.3 is 6.03 Å². The van der Waals surface area contributed by atoms with Gasteiger partial charge < -0.3 is 4.90 Å². The van der Waals surface area contributed by atoms with Gasteiger partial charge in [0.1, 0.15) is 0 Å². The Balaban J connectivity index is 2.35. The summed E-state index contributed by atoms with van der Waals surface area (Å²) in [7, 11) is 0. The molecule has 0 saturated carbocycles. The average molecular weight is 186 g/mol. The van der Waals surface area contributed by atoms with Gasteiger partial charge in [0.15, 0.2) is 0 Å². The maximum atomic E-state index is 11.5. The van der Waals surface area contributed by atoms with E-state index in [-0.39, 0.29) is 6.03 Å². The monoisotopic (exact) mass is 186 g/mol. The normalized spacial score (nSPS) is 22.9. The smallest absolute Gasteiger partial charge is 0.320 e. The quantitative estimate of drug-likeness (QED) is 0.664. The van der Waals surface area contributed by atoms with Crippen LogP contribution in [0.1, 0.15) is 33.1 Å². The molecule has 0 aromatic carbocycles. The van der Waals surface area contributed by atoms with E-state index in [2.05, 4.69) is 12.4 Å². The largest absolute Gasteiger partial charge is 0.341 e. The van der Waals surface area contributed by atoms with E-state index in [1.807, 2.05) is 11.8 Å². The van der Waals surface area contributed by atoms with E-state index in [0.717, 1.165) is 19.4 Å². The standard InChI is InChI=1S/C9H18N2O2/c1-3-13-10-9(12)11-7-5-4-6-8(11)2/h8H,3-7H2,1-2H3,(H,10,12). The molecule has 2 amide bonds. The van der Waals surface area contributed by atoms with Gasteiger partial charge in [-0.3, -0.25) is 4.84 Å². The number of likely N-dealkylation sites (tertiary alicyclic amines) is 1. The lowest BCUT2D eigenvalue weighted by atomic mass is 10.0. The topological polar surface area (TPSA) is 41.6 Å². The van der Waals surface area contributed by atoms with Gasteiger partial charge in [0.05, 0.1) is 6.61 Å². The lowest BCUT2D eigenvalue weighted by Crippen LogP contribution is -2.47. The molecule has 0 bridgehead atoms. The van der Waals surface area contributed by atoms with Crippen LogP contribution in [0.4, 0.5) is 4.79 Å². The van der Waals surface area contributed by atoms with Gasteiger partial charge in [0.2, 0.25) is 0 Å². The molecular formula is C9H18N2O2. The van der Waals surface area contributed by atoms with Crippen LogP contribution in [0.25, 0.3) is 0 Å². The number of urea groups is 1. The SMILES string of the molecule is CCONC(=O)N1CCCCC1C. The van der Waals surface area contributed by atoms with Crippen molar-refractivity contribution in [3.05, 3.63) is 0 Å². The first-order valence-electron chi connectivity index (χ1n) is 4.94. The number of hydroxylamine groups is 1. The van der Waals surface area contributed by atoms with E-state index in [0.29, 0.717) is 12.6 Å². The molecule has 1 rings (SSSR count). The van der Waals surface area contributed by atoms with Crippen LogP contribution >= 0.6 is 0 Å². The molecule has 4 nitrogen and oxygen atoms in total. The third-order valence-corrected chi connectivity index (χ3v) is 2.37. The predicted molar refractivity (Wildman–Crippen MR) is 50.2 cm³/mol. The van der Waals surface area contributed by atoms with Crippen molar-refractivity contribution in [2.75, 3.05) is 13.2 Å². The van der Waals surface area contributed by atoms with Gasteiger partial charge in [-0.25, -0.2) is 10.3 Å². The molecule has 0 radical (unpaired) electrons. The molecule has 0 aliphatic carbocycles. The second-order valence-corrected chi connectivity index (χ2v) is 3.38. The minimum atomic E-state index is -0.103. The number of carbonyl (C=O) groups excluding carboxylic acids is 1. The van der Waals surface area contributed by atoms with E-state index in [4.69, 9.17) is 4.84 Å². The Kier molecular flexibility index (Phi) is 4.02. The van der Waals surface area contributed by atoms with Crippen LogP contribution in [0.2, 0.25) is 0 Å². The van der Waals surface area contributed by atoms with E-state index < -0.39 is 0 Å². The van der Waals surface area contributed by atoms with Gasteiger partial charge in [0, 0.05) is 12.6 Å². The summed E-state index contributed by atoms with van der Waals surface area (Å²) in [6.45, 7) is 5.28. The first-order chi connectivity index (χ1) is 6.25. The summed E-state index contributed by atoms with van der Waals surface area (Å²) in [5.41, 5.74) is 2.42. The minimum absolute atomic E-state index is 0.103. The summed E-state index contributed by atoms with van der Waals surface area (Å²) in [5, 5.41) is 0. The maximum Gasteiger partial charge on any atom is 0.341 e. The molecule has 1 N–H and O–H groups in total. The fraction of sp³-hybridized carbons (Fsp3) is 0.889. The first-order valence-corrected chi connectivity index (χ1v) is 4.94. The summed E-state index contributed by atoms with van der Waals surface area (Å²) < 4.78 is 0. The lowest BCUT2D eigenvalue weighted by molar-refractivity contribution is 0.0464. The summed E-state index contributed by atoms with van der Waals surface area (Å²) in [5.74, 6) is 0. The lowest BCUT2D eigenvalue weighted by Gasteiger charge is -2.32. The summed E-state index contributed by atoms with van der Waals surface area (Å²) in [4.78, 5) is 18.1. The van der Waals surface area contributed by atoms with E-state index in [1.165, 1.54) is 6.42 Å². The molecule has 13 heavy (non-hydrogen) atoms. The molecule has 1 unspecified atom stereocenters. The molecule has 0 spiro atoms. The van der Waals surface area contributed by atoms with Crippen LogP contribution in [0.5, 0.6) is 0 Å². The molecule has 4 heteroatoms. The zero-order valence-electron chi connectivity index (χ0n) is 8.38.